The van der Waals surface area contributed by atoms with Gasteiger partial charge in [-0.1, -0.05) is 18.2 Å². The summed E-state index contributed by atoms with van der Waals surface area (Å²) in [5.41, 5.74) is 4.61. The number of nitrogens with one attached hydrogen (secondary N) is 2. The molecule has 3 heteroatoms. The molecule has 0 fully saturated rings. The van der Waals surface area contributed by atoms with Crippen LogP contribution in [0, 0.1) is 6.92 Å². The molecule has 0 aliphatic heterocycles. The predicted molar refractivity (Wildman–Crippen MR) is 80.3 cm³/mol. The van der Waals surface area contributed by atoms with Gasteiger partial charge >= 0.3 is 0 Å². The van der Waals surface area contributed by atoms with Crippen molar-refractivity contribution in [2.24, 2.45) is 0 Å². The van der Waals surface area contributed by atoms with Crippen LogP contribution in [0.15, 0.2) is 54.9 Å². The summed E-state index contributed by atoms with van der Waals surface area (Å²) in [5.74, 6) is 1.07. The van der Waals surface area contributed by atoms with Gasteiger partial charge in [0.15, 0.2) is 0 Å². The first-order valence-electron chi connectivity index (χ1n) is 6.71. The number of aryl methyl sites for hydroxylation is 1. The van der Waals surface area contributed by atoms with E-state index in [1.54, 1.807) is 7.11 Å². The lowest BCUT2D eigenvalue weighted by molar-refractivity contribution is 0.405. The van der Waals surface area contributed by atoms with Gasteiger partial charge in [-0.2, -0.15) is 0 Å². The average Bonchev–Trinajstić information content (AvgIpc) is 3.13. The molecule has 0 saturated heterocycles. The summed E-state index contributed by atoms with van der Waals surface area (Å²) in [6.07, 6.45) is 3.90. The number of hydrogen-bond donors (Lipinski definition) is 2. The number of aromatic amines is 2. The van der Waals surface area contributed by atoms with Crippen LogP contribution in [-0.2, 0) is 0 Å². The van der Waals surface area contributed by atoms with E-state index in [4.69, 9.17) is 4.74 Å². The molecule has 3 rings (SSSR count). The van der Waals surface area contributed by atoms with Crippen LogP contribution in [0.1, 0.15) is 28.4 Å². The maximum absolute atomic E-state index is 5.63. The van der Waals surface area contributed by atoms with Crippen molar-refractivity contribution in [2.75, 3.05) is 7.11 Å². The Balaban J connectivity index is 2.19. The predicted octanol–water partition coefficient (Wildman–Crippen LogP) is 3.84. The second-order valence-corrected chi connectivity index (χ2v) is 4.88. The van der Waals surface area contributed by atoms with Gasteiger partial charge in [-0.05, 0) is 36.8 Å². The van der Waals surface area contributed by atoms with Crippen molar-refractivity contribution in [3.8, 4) is 5.75 Å². The fourth-order valence-electron chi connectivity index (χ4n) is 2.73. The molecule has 2 heterocycles. The highest BCUT2D eigenvalue weighted by Gasteiger charge is 2.22. The summed E-state index contributed by atoms with van der Waals surface area (Å²) in [5, 5.41) is 0. The Morgan fingerprint density at radius 3 is 2.05 bits per heavy atom. The van der Waals surface area contributed by atoms with Crippen molar-refractivity contribution in [3.05, 3.63) is 77.4 Å². The van der Waals surface area contributed by atoms with Gasteiger partial charge in [-0.3, -0.25) is 0 Å². The number of aromatic nitrogens is 2. The SMILES string of the molecule is COc1c(C)cccc1C(c1ccc[nH]1)c1ccc[nH]1. The van der Waals surface area contributed by atoms with Crippen LogP contribution in [0.3, 0.4) is 0 Å². The molecule has 0 spiro atoms. The molecule has 20 heavy (non-hydrogen) atoms. The molecule has 1 aromatic carbocycles. The molecular weight excluding hydrogens is 248 g/mol. The first kappa shape index (κ1) is 12.6. The van der Waals surface area contributed by atoms with Crippen molar-refractivity contribution in [1.82, 2.24) is 9.97 Å². The molecule has 3 aromatic rings. The molecular formula is C17H18N2O. The third-order valence-electron chi connectivity index (χ3n) is 3.62. The van der Waals surface area contributed by atoms with Crippen molar-refractivity contribution in [3.63, 3.8) is 0 Å². The number of H-pyrrole nitrogens is 2. The number of benzene rings is 1. The van der Waals surface area contributed by atoms with Crippen LogP contribution >= 0.6 is 0 Å². The number of methoxy groups -OCH3 is 1. The van der Waals surface area contributed by atoms with Crippen molar-refractivity contribution in [2.45, 2.75) is 12.8 Å². The molecule has 0 saturated carbocycles. The van der Waals surface area contributed by atoms with Gasteiger partial charge in [-0.25, -0.2) is 0 Å². The zero-order valence-corrected chi connectivity index (χ0v) is 11.7. The second kappa shape index (κ2) is 5.29. The van der Waals surface area contributed by atoms with Crippen LogP contribution in [0.5, 0.6) is 5.75 Å². The Labute approximate surface area is 118 Å². The smallest absolute Gasteiger partial charge is 0.126 e. The van der Waals surface area contributed by atoms with E-state index in [0.29, 0.717) is 0 Å². The van der Waals surface area contributed by atoms with E-state index < -0.39 is 0 Å². The van der Waals surface area contributed by atoms with E-state index >= 15 is 0 Å². The van der Waals surface area contributed by atoms with Crippen molar-refractivity contribution >= 4 is 0 Å². The fraction of sp³-hybridized carbons (Fsp3) is 0.176. The van der Waals surface area contributed by atoms with Crippen molar-refractivity contribution < 1.29 is 4.74 Å². The standard InChI is InChI=1S/C17H18N2O/c1-12-6-3-7-13(17(12)20-2)16(14-8-4-10-18-14)15-9-5-11-19-15/h3-11,16,18-19H,1-2H3. The Morgan fingerprint density at radius 2 is 1.55 bits per heavy atom. The summed E-state index contributed by atoms with van der Waals surface area (Å²) in [7, 11) is 1.73. The number of ether oxygens (including phenoxy) is 1. The highest BCUT2D eigenvalue weighted by molar-refractivity contribution is 5.49. The van der Waals surface area contributed by atoms with Gasteiger partial charge in [0.1, 0.15) is 5.75 Å². The third-order valence-corrected chi connectivity index (χ3v) is 3.62. The van der Waals surface area contributed by atoms with E-state index in [-0.39, 0.29) is 5.92 Å². The second-order valence-electron chi connectivity index (χ2n) is 4.88. The first-order valence-corrected chi connectivity index (χ1v) is 6.71. The largest absolute Gasteiger partial charge is 0.496 e. The molecule has 0 unspecified atom stereocenters. The molecule has 0 bridgehead atoms. The van der Waals surface area contributed by atoms with Crippen LogP contribution < -0.4 is 4.74 Å². The number of para-hydroxylation sites is 1. The van der Waals surface area contributed by atoms with Crippen molar-refractivity contribution in [1.29, 1.82) is 0 Å². The van der Waals surface area contributed by atoms with E-state index in [2.05, 4.69) is 47.2 Å². The lowest BCUT2D eigenvalue weighted by atomic mass is 9.90. The minimum Gasteiger partial charge on any atom is -0.496 e. The quantitative estimate of drug-likeness (QED) is 0.740. The molecule has 0 aliphatic carbocycles. The van der Waals surface area contributed by atoms with E-state index in [0.717, 1.165) is 28.3 Å². The average molecular weight is 266 g/mol. The highest BCUT2D eigenvalue weighted by atomic mass is 16.5. The summed E-state index contributed by atoms with van der Waals surface area (Å²) < 4.78 is 5.63. The number of hydrogen-bond acceptors (Lipinski definition) is 1. The Hall–Kier alpha value is -2.42. The summed E-state index contributed by atoms with van der Waals surface area (Å²) in [6, 6.07) is 14.5. The molecule has 2 N–H and O–H groups in total. The molecule has 0 radical (unpaired) electrons. The van der Waals surface area contributed by atoms with Gasteiger partial charge < -0.3 is 14.7 Å². The lowest BCUT2D eigenvalue weighted by Crippen LogP contribution is -2.07. The molecule has 0 amide bonds. The Morgan fingerprint density at radius 1 is 0.900 bits per heavy atom. The normalized spacial score (nSPS) is 10.9. The molecule has 0 aliphatic rings. The highest BCUT2D eigenvalue weighted by Crippen LogP contribution is 2.37. The van der Waals surface area contributed by atoms with E-state index in [9.17, 15) is 0 Å². The molecule has 0 atom stereocenters. The van der Waals surface area contributed by atoms with E-state index in [1.165, 1.54) is 0 Å². The maximum atomic E-state index is 5.63. The van der Waals surface area contributed by atoms with Crippen LogP contribution in [0.2, 0.25) is 0 Å². The first-order chi connectivity index (χ1) is 9.81. The minimum absolute atomic E-state index is 0.120. The van der Waals surface area contributed by atoms with Gasteiger partial charge in [0.25, 0.3) is 0 Å². The van der Waals surface area contributed by atoms with Gasteiger partial charge in [0, 0.05) is 29.3 Å². The fourth-order valence-corrected chi connectivity index (χ4v) is 2.73. The molecule has 2 aromatic heterocycles. The molecule has 102 valence electrons. The van der Waals surface area contributed by atoms with Gasteiger partial charge in [0.05, 0.1) is 13.0 Å². The Bertz CT molecular complexity index is 635. The lowest BCUT2D eigenvalue weighted by Gasteiger charge is -2.19. The van der Waals surface area contributed by atoms with Crippen LogP contribution in [0.25, 0.3) is 0 Å². The van der Waals surface area contributed by atoms with Crippen LogP contribution in [-0.4, -0.2) is 17.1 Å². The number of rotatable bonds is 4. The monoisotopic (exact) mass is 266 g/mol. The van der Waals surface area contributed by atoms with Gasteiger partial charge in [-0.15, -0.1) is 0 Å². The van der Waals surface area contributed by atoms with Crippen LogP contribution in [0.4, 0.5) is 0 Å². The van der Waals surface area contributed by atoms with Gasteiger partial charge in [0.2, 0.25) is 0 Å². The Kier molecular flexibility index (Phi) is 3.33. The summed E-state index contributed by atoms with van der Waals surface area (Å²) in [6.45, 7) is 2.07. The topological polar surface area (TPSA) is 40.8 Å². The molecule has 3 nitrogen and oxygen atoms in total. The zero-order chi connectivity index (χ0) is 13.9. The van der Waals surface area contributed by atoms with E-state index in [1.807, 2.05) is 24.5 Å². The third kappa shape index (κ3) is 2.11. The summed E-state index contributed by atoms with van der Waals surface area (Å²) >= 11 is 0. The zero-order valence-electron chi connectivity index (χ0n) is 11.7. The summed E-state index contributed by atoms with van der Waals surface area (Å²) in [4.78, 5) is 6.64. The maximum Gasteiger partial charge on any atom is 0.126 e. The minimum atomic E-state index is 0.120.